The first-order valence-corrected chi connectivity index (χ1v) is 13.9. The van der Waals surface area contributed by atoms with E-state index in [1.165, 1.54) is 35.1 Å². The third-order valence-electron chi connectivity index (χ3n) is 8.33. The minimum atomic E-state index is -0.360. The van der Waals surface area contributed by atoms with E-state index in [2.05, 4.69) is 51.8 Å². The van der Waals surface area contributed by atoms with Crippen molar-refractivity contribution in [3.05, 3.63) is 93.5 Å². The average Bonchev–Trinajstić information content (AvgIpc) is 3.82. The van der Waals surface area contributed by atoms with Crippen molar-refractivity contribution in [3.8, 4) is 6.07 Å². The van der Waals surface area contributed by atoms with Crippen molar-refractivity contribution in [2.45, 2.75) is 57.2 Å². The molecule has 4 aromatic rings. The highest BCUT2D eigenvalue weighted by atomic mass is 19.1. The van der Waals surface area contributed by atoms with Gasteiger partial charge in [0, 0.05) is 38.4 Å². The van der Waals surface area contributed by atoms with Crippen LogP contribution in [0.4, 0.5) is 10.2 Å². The zero-order chi connectivity index (χ0) is 28.0. The second-order valence-corrected chi connectivity index (χ2v) is 11.0. The molecule has 6 rings (SSSR count). The molecule has 9 heteroatoms. The maximum absolute atomic E-state index is 13.9. The molecule has 1 aliphatic carbocycles. The van der Waals surface area contributed by atoms with E-state index in [1.807, 2.05) is 18.3 Å². The largest absolute Gasteiger partial charge is 0.349 e. The second-order valence-electron chi connectivity index (χ2n) is 11.0. The first kappa shape index (κ1) is 26.1. The zero-order valence-corrected chi connectivity index (χ0v) is 23.0. The van der Waals surface area contributed by atoms with Gasteiger partial charge in [0.25, 0.3) is 0 Å². The van der Waals surface area contributed by atoms with Gasteiger partial charge in [0.2, 0.25) is 0 Å². The third-order valence-corrected chi connectivity index (χ3v) is 8.33. The summed E-state index contributed by atoms with van der Waals surface area (Å²) in [5.41, 5.74) is 4.31. The molecule has 1 aliphatic heterocycles. The van der Waals surface area contributed by atoms with Gasteiger partial charge in [-0.25, -0.2) is 14.2 Å². The number of rotatable bonds is 6. The van der Waals surface area contributed by atoms with Gasteiger partial charge in [-0.15, -0.1) is 0 Å². The highest BCUT2D eigenvalue weighted by molar-refractivity contribution is 5.86. The molecule has 0 radical (unpaired) electrons. The Hall–Kier alpha value is -4.16. The van der Waals surface area contributed by atoms with E-state index in [9.17, 15) is 14.4 Å². The van der Waals surface area contributed by atoms with E-state index in [0.717, 1.165) is 17.7 Å². The van der Waals surface area contributed by atoms with Crippen molar-refractivity contribution >= 4 is 16.9 Å². The normalized spacial score (nSPS) is 20.4. The van der Waals surface area contributed by atoms with Gasteiger partial charge in [0.1, 0.15) is 23.1 Å². The number of benzene rings is 1. The first-order valence-electron chi connectivity index (χ1n) is 13.9. The van der Waals surface area contributed by atoms with Gasteiger partial charge in [0.05, 0.1) is 17.3 Å². The van der Waals surface area contributed by atoms with Gasteiger partial charge in [-0.3, -0.25) is 14.5 Å². The SMILES string of the molecule is CCC1CN(c2nc(=O)n(C)c3ccc(C#N)nc23)[C@@H](C)CN1C(c1ccc(F)cc1)c1ccc(C2CC2)cn1. The Morgan fingerprint density at radius 3 is 2.50 bits per heavy atom. The maximum Gasteiger partial charge on any atom is 0.349 e. The van der Waals surface area contributed by atoms with Crippen molar-refractivity contribution in [1.82, 2.24) is 24.4 Å². The molecule has 204 valence electrons. The van der Waals surface area contributed by atoms with Crippen LogP contribution in [0.3, 0.4) is 0 Å². The van der Waals surface area contributed by atoms with E-state index in [4.69, 9.17) is 4.98 Å². The first-order chi connectivity index (χ1) is 19.4. The Bertz CT molecular complexity index is 1640. The van der Waals surface area contributed by atoms with Gasteiger partial charge >= 0.3 is 5.69 Å². The molecule has 0 amide bonds. The monoisotopic (exact) mass is 537 g/mol. The van der Waals surface area contributed by atoms with Crippen molar-refractivity contribution in [2.75, 3.05) is 18.0 Å². The lowest BCUT2D eigenvalue weighted by atomic mass is 9.94. The molecule has 0 spiro atoms. The van der Waals surface area contributed by atoms with Crippen LogP contribution in [-0.2, 0) is 7.05 Å². The second kappa shape index (κ2) is 10.4. The van der Waals surface area contributed by atoms with Crippen LogP contribution in [0.15, 0.2) is 59.5 Å². The molecular weight excluding hydrogens is 505 g/mol. The number of aromatic nitrogens is 4. The van der Waals surface area contributed by atoms with E-state index in [1.54, 1.807) is 19.2 Å². The lowest BCUT2D eigenvalue weighted by molar-refractivity contribution is 0.113. The molecule has 0 bridgehead atoms. The zero-order valence-electron chi connectivity index (χ0n) is 23.0. The topological polar surface area (TPSA) is 90.9 Å². The van der Waals surface area contributed by atoms with Crippen molar-refractivity contribution in [3.63, 3.8) is 0 Å². The van der Waals surface area contributed by atoms with Crippen LogP contribution < -0.4 is 10.6 Å². The molecule has 1 saturated heterocycles. The molecular formula is C31H32FN7O. The smallest absolute Gasteiger partial charge is 0.349 e. The fraction of sp³-hybridized carbons (Fsp3) is 0.387. The molecule has 3 aromatic heterocycles. The summed E-state index contributed by atoms with van der Waals surface area (Å²) in [5.74, 6) is 0.859. The van der Waals surface area contributed by atoms with E-state index >= 15 is 0 Å². The van der Waals surface area contributed by atoms with E-state index in [0.29, 0.717) is 35.9 Å². The van der Waals surface area contributed by atoms with Crippen LogP contribution in [0, 0.1) is 17.1 Å². The Morgan fingerprint density at radius 1 is 1.07 bits per heavy atom. The van der Waals surface area contributed by atoms with Crippen LogP contribution in [0.2, 0.25) is 0 Å². The third kappa shape index (κ3) is 4.73. The van der Waals surface area contributed by atoms with Crippen LogP contribution in [-0.4, -0.2) is 49.6 Å². The highest BCUT2D eigenvalue weighted by Crippen LogP contribution is 2.41. The Morgan fingerprint density at radius 2 is 1.85 bits per heavy atom. The minimum Gasteiger partial charge on any atom is -0.349 e. The molecule has 1 aromatic carbocycles. The molecule has 4 heterocycles. The Kier molecular flexibility index (Phi) is 6.80. The fourth-order valence-corrected chi connectivity index (χ4v) is 5.92. The van der Waals surface area contributed by atoms with Crippen LogP contribution in [0.1, 0.15) is 67.6 Å². The summed E-state index contributed by atoms with van der Waals surface area (Å²) in [7, 11) is 1.67. The lowest BCUT2D eigenvalue weighted by Crippen LogP contribution is -2.59. The summed E-state index contributed by atoms with van der Waals surface area (Å²) in [4.78, 5) is 31.4. The molecule has 2 aliphatic rings. The van der Waals surface area contributed by atoms with Gasteiger partial charge in [0.15, 0.2) is 5.82 Å². The number of nitriles is 1. The number of piperazine rings is 1. The molecule has 3 atom stereocenters. The number of aryl methyl sites for hydroxylation is 1. The molecule has 40 heavy (non-hydrogen) atoms. The van der Waals surface area contributed by atoms with Crippen molar-refractivity contribution in [1.29, 1.82) is 5.26 Å². The standard InChI is InChI=1S/C31H32FN7O/c1-4-25-18-38(30-28-27(37(3)31(40)36-30)14-12-24(15-33)35-28)19(2)17-39(25)29(21-7-10-23(32)11-8-21)26-13-9-22(16-34-26)20-5-6-20/h7-14,16,19-20,25,29H,4-6,17-18H2,1-3H3/t19-,25?,29?/m0/s1. The number of pyridine rings is 2. The number of hydrogen-bond acceptors (Lipinski definition) is 7. The molecule has 1 saturated carbocycles. The Labute approximate surface area is 232 Å². The quantitative estimate of drug-likeness (QED) is 0.352. The number of halogens is 1. The van der Waals surface area contributed by atoms with Crippen molar-refractivity contribution < 1.29 is 4.39 Å². The number of hydrogen-bond donors (Lipinski definition) is 0. The van der Waals surface area contributed by atoms with Crippen LogP contribution in [0.25, 0.3) is 11.0 Å². The summed E-state index contributed by atoms with van der Waals surface area (Å²) in [6, 6.07) is 16.4. The molecule has 0 N–H and O–H groups in total. The van der Waals surface area contributed by atoms with Crippen molar-refractivity contribution in [2.24, 2.45) is 7.05 Å². The van der Waals surface area contributed by atoms with Gasteiger partial charge in [-0.1, -0.05) is 25.1 Å². The van der Waals surface area contributed by atoms with Gasteiger partial charge in [-0.2, -0.15) is 10.2 Å². The summed E-state index contributed by atoms with van der Waals surface area (Å²) in [5, 5.41) is 9.48. The molecule has 8 nitrogen and oxygen atoms in total. The van der Waals surface area contributed by atoms with Gasteiger partial charge in [-0.05, 0) is 73.6 Å². The highest BCUT2D eigenvalue weighted by Gasteiger charge is 2.38. The van der Waals surface area contributed by atoms with E-state index < -0.39 is 0 Å². The summed E-state index contributed by atoms with van der Waals surface area (Å²) >= 11 is 0. The van der Waals surface area contributed by atoms with Crippen LogP contribution in [0.5, 0.6) is 0 Å². The number of fused-ring (bicyclic) bond motifs is 1. The Balaban J connectivity index is 1.40. The summed E-state index contributed by atoms with van der Waals surface area (Å²) in [6.07, 6.45) is 5.28. The van der Waals surface area contributed by atoms with Gasteiger partial charge < -0.3 is 4.90 Å². The van der Waals surface area contributed by atoms with Crippen LogP contribution >= 0.6 is 0 Å². The number of nitrogens with zero attached hydrogens (tertiary/aromatic N) is 7. The average molecular weight is 538 g/mol. The maximum atomic E-state index is 13.9. The summed E-state index contributed by atoms with van der Waals surface area (Å²) in [6.45, 7) is 5.55. The minimum absolute atomic E-state index is 0.0215. The predicted molar refractivity (Wildman–Crippen MR) is 152 cm³/mol. The number of anilines is 1. The molecule has 2 fully saturated rings. The summed E-state index contributed by atoms with van der Waals surface area (Å²) < 4.78 is 15.4. The fourth-order valence-electron chi connectivity index (χ4n) is 5.92. The molecule has 2 unspecified atom stereocenters. The lowest BCUT2D eigenvalue weighted by Gasteiger charge is -2.48. The predicted octanol–water partition coefficient (Wildman–Crippen LogP) is 4.69. The van der Waals surface area contributed by atoms with E-state index in [-0.39, 0.29) is 35.3 Å².